The van der Waals surface area contributed by atoms with E-state index in [4.69, 9.17) is 9.72 Å². The number of benzene rings is 2. The van der Waals surface area contributed by atoms with Gasteiger partial charge in [-0.2, -0.15) is 0 Å². The van der Waals surface area contributed by atoms with Gasteiger partial charge in [-0.15, -0.1) is 5.10 Å². The van der Waals surface area contributed by atoms with Crippen LogP contribution in [0.4, 0.5) is 4.39 Å². The Labute approximate surface area is 160 Å². The van der Waals surface area contributed by atoms with Gasteiger partial charge in [-0.1, -0.05) is 36.0 Å². The van der Waals surface area contributed by atoms with E-state index < -0.39 is 11.8 Å². The Morgan fingerprint density at radius 2 is 2.04 bits per heavy atom. The van der Waals surface area contributed by atoms with Gasteiger partial charge < -0.3 is 4.74 Å². The molecule has 0 bridgehead atoms. The van der Waals surface area contributed by atoms with E-state index in [1.54, 1.807) is 6.07 Å². The molecule has 0 saturated heterocycles. The molecule has 1 heterocycles. The molecule has 0 N–H and O–H groups in total. The molecule has 5 nitrogen and oxygen atoms in total. The van der Waals surface area contributed by atoms with Crippen LogP contribution < -0.4 is 0 Å². The fourth-order valence-electron chi connectivity index (χ4n) is 2.85. The van der Waals surface area contributed by atoms with Crippen molar-refractivity contribution in [1.82, 2.24) is 14.8 Å². The number of hydrogen-bond acceptors (Lipinski definition) is 5. The lowest BCUT2D eigenvalue weighted by atomic mass is 10.1. The summed E-state index contributed by atoms with van der Waals surface area (Å²) >= 11 is 1.42. The van der Waals surface area contributed by atoms with E-state index >= 15 is 0 Å². The largest absolute Gasteiger partial charge is 0.465 e. The molecular weight excluding hydrogens is 365 g/mol. The maximum atomic E-state index is 13.5. The SMILES string of the molecule is COC(=O)c1cc(F)ccc1CSc1nc(C2CC2)n(-c2ccccc2)n1. The summed E-state index contributed by atoms with van der Waals surface area (Å²) in [4.78, 5) is 16.6. The summed E-state index contributed by atoms with van der Waals surface area (Å²) in [5, 5.41) is 5.29. The second kappa shape index (κ2) is 7.52. The third-order valence-corrected chi connectivity index (χ3v) is 5.28. The van der Waals surface area contributed by atoms with Gasteiger partial charge in [0.15, 0.2) is 0 Å². The molecule has 0 spiro atoms. The topological polar surface area (TPSA) is 57.0 Å². The fourth-order valence-corrected chi connectivity index (χ4v) is 3.68. The molecule has 1 aliphatic rings. The van der Waals surface area contributed by atoms with Crippen LogP contribution in [0.3, 0.4) is 0 Å². The van der Waals surface area contributed by atoms with Crippen LogP contribution in [-0.2, 0) is 10.5 Å². The minimum absolute atomic E-state index is 0.231. The van der Waals surface area contributed by atoms with Gasteiger partial charge >= 0.3 is 5.97 Å². The first-order chi connectivity index (χ1) is 13.2. The predicted molar refractivity (Wildman–Crippen MR) is 101 cm³/mol. The number of nitrogens with zero attached hydrogens (tertiary/aromatic N) is 3. The zero-order valence-corrected chi connectivity index (χ0v) is 15.6. The van der Waals surface area contributed by atoms with Crippen LogP contribution in [0.15, 0.2) is 53.7 Å². The third kappa shape index (κ3) is 3.88. The molecule has 1 aliphatic carbocycles. The molecule has 1 aromatic heterocycles. The van der Waals surface area contributed by atoms with Crippen LogP contribution in [0.2, 0.25) is 0 Å². The van der Waals surface area contributed by atoms with Crippen LogP contribution in [0.25, 0.3) is 5.69 Å². The van der Waals surface area contributed by atoms with Crippen molar-refractivity contribution in [3.63, 3.8) is 0 Å². The number of aromatic nitrogens is 3. The highest BCUT2D eigenvalue weighted by Gasteiger charge is 2.30. The number of thioether (sulfide) groups is 1. The summed E-state index contributed by atoms with van der Waals surface area (Å²) < 4.78 is 20.2. The normalized spacial score (nSPS) is 13.6. The highest BCUT2D eigenvalue weighted by Crippen LogP contribution is 2.40. The second-order valence-electron chi connectivity index (χ2n) is 6.36. The van der Waals surface area contributed by atoms with Gasteiger partial charge in [-0.25, -0.2) is 18.9 Å². The van der Waals surface area contributed by atoms with E-state index in [1.807, 2.05) is 35.0 Å². The minimum atomic E-state index is -0.549. The molecule has 138 valence electrons. The van der Waals surface area contributed by atoms with Crippen LogP contribution >= 0.6 is 11.8 Å². The molecule has 7 heteroatoms. The van der Waals surface area contributed by atoms with E-state index in [2.05, 4.69) is 5.10 Å². The second-order valence-corrected chi connectivity index (χ2v) is 7.30. The Morgan fingerprint density at radius 3 is 2.74 bits per heavy atom. The van der Waals surface area contributed by atoms with Crippen molar-refractivity contribution >= 4 is 17.7 Å². The molecule has 1 saturated carbocycles. The Balaban J connectivity index is 1.59. The molecule has 4 rings (SSSR count). The minimum Gasteiger partial charge on any atom is -0.465 e. The lowest BCUT2D eigenvalue weighted by Gasteiger charge is -2.06. The zero-order chi connectivity index (χ0) is 18.8. The highest BCUT2D eigenvalue weighted by atomic mass is 32.2. The summed E-state index contributed by atoms with van der Waals surface area (Å²) in [5.74, 6) is 0.853. The van der Waals surface area contributed by atoms with Crippen molar-refractivity contribution in [2.45, 2.75) is 29.7 Å². The number of carbonyl (C=O) groups excluding carboxylic acids is 1. The number of hydrogen-bond donors (Lipinski definition) is 0. The van der Waals surface area contributed by atoms with E-state index in [0.717, 1.165) is 24.4 Å². The van der Waals surface area contributed by atoms with Crippen LogP contribution in [0.5, 0.6) is 0 Å². The molecule has 2 aromatic carbocycles. The van der Waals surface area contributed by atoms with Gasteiger partial charge in [0.05, 0.1) is 18.4 Å². The smallest absolute Gasteiger partial charge is 0.338 e. The van der Waals surface area contributed by atoms with E-state index in [9.17, 15) is 9.18 Å². The van der Waals surface area contributed by atoms with Gasteiger partial charge in [0, 0.05) is 11.7 Å². The number of rotatable bonds is 6. The molecule has 27 heavy (non-hydrogen) atoms. The third-order valence-electron chi connectivity index (χ3n) is 4.39. The van der Waals surface area contributed by atoms with Gasteiger partial charge in [0.2, 0.25) is 5.16 Å². The van der Waals surface area contributed by atoms with Gasteiger partial charge in [-0.3, -0.25) is 0 Å². The summed E-state index contributed by atoms with van der Waals surface area (Å²) in [6.45, 7) is 0. The maximum absolute atomic E-state index is 13.5. The average molecular weight is 383 g/mol. The summed E-state index contributed by atoms with van der Waals surface area (Å²) in [6, 6.07) is 14.1. The van der Waals surface area contributed by atoms with E-state index in [0.29, 0.717) is 22.4 Å². The number of halogens is 1. The summed E-state index contributed by atoms with van der Waals surface area (Å²) in [7, 11) is 1.29. The van der Waals surface area contributed by atoms with Crippen LogP contribution in [0.1, 0.15) is 40.5 Å². The standard InChI is InChI=1S/C20H18FN3O2S/c1-26-19(25)17-11-15(21)10-9-14(17)12-27-20-22-18(13-7-8-13)24(23-20)16-5-3-2-4-6-16/h2-6,9-11,13H,7-8,12H2,1H3. The first-order valence-corrected chi connectivity index (χ1v) is 9.66. The molecular formula is C20H18FN3O2S. The van der Waals surface area contributed by atoms with E-state index in [-0.39, 0.29) is 5.56 Å². The molecule has 0 atom stereocenters. The lowest BCUT2D eigenvalue weighted by Crippen LogP contribution is -2.06. The summed E-state index contributed by atoms with van der Waals surface area (Å²) in [6.07, 6.45) is 2.25. The number of esters is 1. The summed E-state index contributed by atoms with van der Waals surface area (Å²) in [5.41, 5.74) is 1.91. The molecule has 0 radical (unpaired) electrons. The molecule has 0 unspecified atom stereocenters. The molecule has 0 amide bonds. The Kier molecular flexibility index (Phi) is 4.94. The monoisotopic (exact) mass is 383 g/mol. The lowest BCUT2D eigenvalue weighted by molar-refractivity contribution is 0.0599. The Hall–Kier alpha value is -2.67. The van der Waals surface area contributed by atoms with Crippen molar-refractivity contribution in [3.05, 3.63) is 71.3 Å². The molecule has 0 aliphatic heterocycles. The van der Waals surface area contributed by atoms with Crippen molar-refractivity contribution < 1.29 is 13.9 Å². The zero-order valence-electron chi connectivity index (χ0n) is 14.8. The number of methoxy groups -OCH3 is 1. The number of carbonyl (C=O) groups is 1. The van der Waals surface area contributed by atoms with Gasteiger partial charge in [-0.05, 0) is 42.7 Å². The Morgan fingerprint density at radius 1 is 1.26 bits per heavy atom. The van der Waals surface area contributed by atoms with Gasteiger partial charge in [0.25, 0.3) is 0 Å². The van der Waals surface area contributed by atoms with Gasteiger partial charge in [0.1, 0.15) is 11.6 Å². The molecule has 3 aromatic rings. The van der Waals surface area contributed by atoms with E-state index in [1.165, 1.54) is 31.0 Å². The quantitative estimate of drug-likeness (QED) is 0.467. The predicted octanol–water partition coefficient (Wildman–Crippen LogP) is 4.36. The van der Waals surface area contributed by atoms with Crippen molar-refractivity contribution in [2.24, 2.45) is 0 Å². The first kappa shape index (κ1) is 17.7. The van der Waals surface area contributed by atoms with Crippen LogP contribution in [-0.4, -0.2) is 27.8 Å². The first-order valence-electron chi connectivity index (χ1n) is 8.67. The number of para-hydroxylation sites is 1. The van der Waals surface area contributed by atoms with Crippen molar-refractivity contribution in [3.8, 4) is 5.69 Å². The maximum Gasteiger partial charge on any atom is 0.338 e. The van der Waals surface area contributed by atoms with Crippen LogP contribution in [0, 0.1) is 5.82 Å². The highest BCUT2D eigenvalue weighted by molar-refractivity contribution is 7.98. The van der Waals surface area contributed by atoms with Crippen molar-refractivity contribution in [1.29, 1.82) is 0 Å². The number of ether oxygens (including phenoxy) is 1. The molecule has 1 fully saturated rings. The van der Waals surface area contributed by atoms with Crippen molar-refractivity contribution in [2.75, 3.05) is 7.11 Å². The Bertz CT molecular complexity index is 971. The fraction of sp³-hybridized carbons (Fsp3) is 0.250. The average Bonchev–Trinajstić information content (AvgIpc) is 3.46.